The number of aromatic nitrogens is 4. The summed E-state index contributed by atoms with van der Waals surface area (Å²) >= 11 is 17.4. The zero-order valence-corrected chi connectivity index (χ0v) is 24.7. The van der Waals surface area contributed by atoms with Crippen LogP contribution in [0.15, 0.2) is 60.7 Å². The molecule has 3 heterocycles. The van der Waals surface area contributed by atoms with E-state index in [9.17, 15) is 26.3 Å². The molecule has 240 valence electrons. The van der Waals surface area contributed by atoms with Crippen molar-refractivity contribution in [1.29, 1.82) is 0 Å². The van der Waals surface area contributed by atoms with Crippen molar-refractivity contribution in [2.45, 2.75) is 12.7 Å². The Labute approximate surface area is 266 Å². The predicted molar refractivity (Wildman–Crippen MR) is 155 cm³/mol. The van der Waals surface area contributed by atoms with Crippen molar-refractivity contribution >= 4 is 63.8 Å². The molecule has 5 rings (SSSR count). The van der Waals surface area contributed by atoms with Crippen LogP contribution in [0.5, 0.6) is 11.5 Å². The normalized spacial score (nSPS) is 13.4. The lowest BCUT2D eigenvalue weighted by Crippen LogP contribution is -2.37. The molecule has 0 saturated carbocycles. The van der Waals surface area contributed by atoms with Crippen LogP contribution >= 0.6 is 34.8 Å². The van der Waals surface area contributed by atoms with Crippen LogP contribution in [-0.4, -0.2) is 59.0 Å². The molecule has 10 nitrogen and oxygen atoms in total. The van der Waals surface area contributed by atoms with E-state index in [1.807, 2.05) is 4.90 Å². The summed E-state index contributed by atoms with van der Waals surface area (Å²) in [6.45, 7) is 2.48. The lowest BCUT2D eigenvalue weighted by atomic mass is 10.3. The average Bonchev–Trinajstić information content (AvgIpc) is 2.94. The summed E-state index contributed by atoms with van der Waals surface area (Å²) in [5, 5.41) is 6.16. The highest BCUT2D eigenvalue weighted by Gasteiger charge is 2.31. The molecule has 19 heteroatoms. The fraction of sp³-hybridized carbons (Fsp3) is 0.231. The Balaban J connectivity index is 0.000000210. The molecule has 45 heavy (non-hydrogen) atoms. The average molecular weight is 699 g/mol. The van der Waals surface area contributed by atoms with Crippen LogP contribution in [0.3, 0.4) is 0 Å². The maximum Gasteiger partial charge on any atom is 0.573 e. The first-order chi connectivity index (χ1) is 21.2. The van der Waals surface area contributed by atoms with Crippen molar-refractivity contribution in [2.75, 3.05) is 41.8 Å². The van der Waals surface area contributed by atoms with Gasteiger partial charge in [-0.2, -0.15) is 4.98 Å². The second kappa shape index (κ2) is 14.9. The smallest absolute Gasteiger partial charge is 0.406 e. The van der Waals surface area contributed by atoms with Gasteiger partial charge in [0.2, 0.25) is 11.2 Å². The van der Waals surface area contributed by atoms with Crippen LogP contribution in [0.2, 0.25) is 15.6 Å². The molecule has 0 bridgehead atoms. The Morgan fingerprint density at radius 2 is 1.09 bits per heavy atom. The predicted octanol–water partition coefficient (Wildman–Crippen LogP) is 8.03. The summed E-state index contributed by atoms with van der Waals surface area (Å²) in [5.41, 5.74) is 1.03. The van der Waals surface area contributed by atoms with Crippen LogP contribution in [0.1, 0.15) is 0 Å². The zero-order chi connectivity index (χ0) is 32.6. The first-order valence-electron chi connectivity index (χ1n) is 12.5. The number of morpholine rings is 1. The van der Waals surface area contributed by atoms with Gasteiger partial charge < -0.3 is 29.7 Å². The molecule has 0 radical (unpaired) electrons. The van der Waals surface area contributed by atoms with Gasteiger partial charge >= 0.3 is 12.7 Å². The van der Waals surface area contributed by atoms with Gasteiger partial charge in [-0.1, -0.05) is 23.2 Å². The number of nitrogens with zero attached hydrogens (tertiary/aromatic N) is 5. The first kappa shape index (κ1) is 33.9. The summed E-state index contributed by atoms with van der Waals surface area (Å²) < 4.78 is 85.4. The van der Waals surface area contributed by atoms with Crippen molar-refractivity contribution in [2.24, 2.45) is 0 Å². The first-order valence-corrected chi connectivity index (χ1v) is 13.7. The van der Waals surface area contributed by atoms with Gasteiger partial charge in [0, 0.05) is 36.6 Å². The van der Waals surface area contributed by atoms with Gasteiger partial charge in [0.05, 0.1) is 13.2 Å². The topological polar surface area (TPSA) is 107 Å². The second-order valence-electron chi connectivity index (χ2n) is 8.71. The Morgan fingerprint density at radius 3 is 1.53 bits per heavy atom. The Kier molecular flexibility index (Phi) is 11.2. The summed E-state index contributed by atoms with van der Waals surface area (Å²) in [6, 6.07) is 13.4. The Hall–Kier alpha value is -3.99. The van der Waals surface area contributed by atoms with Gasteiger partial charge in [0.15, 0.2) is 0 Å². The van der Waals surface area contributed by atoms with Crippen LogP contribution in [0, 0.1) is 0 Å². The van der Waals surface area contributed by atoms with Gasteiger partial charge in [-0.25, -0.2) is 15.0 Å². The van der Waals surface area contributed by atoms with Gasteiger partial charge in [-0.15, -0.1) is 26.3 Å². The third-order valence-corrected chi connectivity index (χ3v) is 5.92. The van der Waals surface area contributed by atoms with Crippen LogP contribution < -0.4 is 25.0 Å². The number of halogens is 9. The quantitative estimate of drug-likeness (QED) is 0.112. The van der Waals surface area contributed by atoms with E-state index in [4.69, 9.17) is 39.5 Å². The molecule has 0 amide bonds. The van der Waals surface area contributed by atoms with Crippen LogP contribution in [0.4, 0.5) is 55.3 Å². The Morgan fingerprint density at radius 1 is 0.644 bits per heavy atom. The van der Waals surface area contributed by atoms with Gasteiger partial charge in [-0.05, 0) is 60.1 Å². The molecule has 1 aliphatic rings. The van der Waals surface area contributed by atoms with Crippen molar-refractivity contribution in [3.63, 3.8) is 0 Å². The molecule has 0 unspecified atom stereocenters. The number of nitrogens with one attached hydrogen (secondary N) is 2. The molecule has 0 atom stereocenters. The molecule has 4 aromatic rings. The van der Waals surface area contributed by atoms with Crippen LogP contribution in [-0.2, 0) is 4.74 Å². The van der Waals surface area contributed by atoms with Crippen LogP contribution in [0.25, 0.3) is 0 Å². The Bertz CT molecular complexity index is 1540. The van der Waals surface area contributed by atoms with Crippen molar-refractivity contribution in [1.82, 2.24) is 19.9 Å². The molecule has 1 fully saturated rings. The summed E-state index contributed by atoms with van der Waals surface area (Å²) in [7, 11) is 0. The maximum atomic E-state index is 12.2. The number of hydrogen-bond acceptors (Lipinski definition) is 10. The molecular formula is C26H20Cl3F6N7O3. The van der Waals surface area contributed by atoms with Gasteiger partial charge in [-0.3, -0.25) is 0 Å². The fourth-order valence-electron chi connectivity index (χ4n) is 3.60. The standard InChI is InChI=1S/C15H14ClF3N4O2.C11H6Cl2F3N3O/c16-12-9-13(22-14(21-12)23-5-7-24-8-6-23)20-10-1-3-11(4-2-10)25-15(17,18)19;12-8-5-9(19-10(13)18-8)17-6-1-3-7(4-2-6)20-11(14,15)16/h1-4,9H,5-8H2,(H,20,21,22);1-5H,(H,17,18,19). The monoisotopic (exact) mass is 697 g/mol. The lowest BCUT2D eigenvalue weighted by Gasteiger charge is -2.27. The van der Waals surface area contributed by atoms with E-state index in [1.165, 1.54) is 60.7 Å². The van der Waals surface area contributed by atoms with Gasteiger partial charge in [0.1, 0.15) is 33.4 Å². The highest BCUT2D eigenvalue weighted by Crippen LogP contribution is 2.27. The van der Waals surface area contributed by atoms with E-state index in [-0.39, 0.29) is 27.1 Å². The molecule has 0 spiro atoms. The van der Waals surface area contributed by atoms with E-state index in [1.54, 1.807) is 0 Å². The third kappa shape index (κ3) is 11.8. The van der Waals surface area contributed by atoms with E-state index < -0.39 is 12.7 Å². The SMILES string of the molecule is FC(F)(F)Oc1ccc(Nc2cc(Cl)nc(Cl)n2)cc1.FC(F)(F)Oc1ccc(Nc2cc(Cl)nc(N3CCOCC3)n2)cc1. The number of alkyl halides is 6. The summed E-state index contributed by atoms with van der Waals surface area (Å²) in [4.78, 5) is 18.0. The lowest BCUT2D eigenvalue weighted by molar-refractivity contribution is -0.275. The summed E-state index contributed by atoms with van der Waals surface area (Å²) in [5.74, 6) is 0.607. The number of hydrogen-bond donors (Lipinski definition) is 2. The molecule has 2 aromatic heterocycles. The van der Waals surface area contributed by atoms with E-state index in [0.29, 0.717) is 55.3 Å². The van der Waals surface area contributed by atoms with E-state index in [2.05, 4.69) is 40.0 Å². The molecule has 0 aliphatic carbocycles. The highest BCUT2D eigenvalue weighted by atomic mass is 35.5. The highest BCUT2D eigenvalue weighted by molar-refractivity contribution is 6.32. The largest absolute Gasteiger partial charge is 0.573 e. The van der Waals surface area contributed by atoms with Crippen molar-refractivity contribution < 1.29 is 40.6 Å². The minimum absolute atomic E-state index is 0.0444. The van der Waals surface area contributed by atoms with E-state index in [0.717, 1.165) is 0 Å². The van der Waals surface area contributed by atoms with E-state index >= 15 is 0 Å². The molecule has 1 aliphatic heterocycles. The number of benzene rings is 2. The fourth-order valence-corrected chi connectivity index (χ4v) is 4.19. The number of rotatable bonds is 7. The molecule has 2 aromatic carbocycles. The molecule has 1 saturated heterocycles. The van der Waals surface area contributed by atoms with Crippen molar-refractivity contribution in [3.05, 3.63) is 76.3 Å². The van der Waals surface area contributed by atoms with Crippen molar-refractivity contribution in [3.8, 4) is 11.5 Å². The minimum atomic E-state index is -4.72. The number of anilines is 5. The molecule has 2 N–H and O–H groups in total. The third-order valence-electron chi connectivity index (χ3n) is 5.37. The molecular weight excluding hydrogens is 679 g/mol. The number of ether oxygens (including phenoxy) is 3. The minimum Gasteiger partial charge on any atom is -0.406 e. The van der Waals surface area contributed by atoms with Gasteiger partial charge in [0.25, 0.3) is 0 Å². The zero-order valence-electron chi connectivity index (χ0n) is 22.5. The summed E-state index contributed by atoms with van der Waals surface area (Å²) in [6.07, 6.45) is -9.44. The maximum absolute atomic E-state index is 12.2. The second-order valence-corrected chi connectivity index (χ2v) is 9.83.